The maximum atomic E-state index is 11.6. The van der Waals surface area contributed by atoms with Crippen molar-refractivity contribution < 1.29 is 23.8 Å². The van der Waals surface area contributed by atoms with Gasteiger partial charge in [0.05, 0.1) is 16.8 Å². The molecule has 0 saturated heterocycles. The number of ether oxygens (including phenoxy) is 2. The second-order valence-corrected chi connectivity index (χ2v) is 11.1. The molecule has 2 N–H and O–H groups in total. The maximum Gasteiger partial charge on any atom is 0.323 e. The summed E-state index contributed by atoms with van der Waals surface area (Å²) in [7, 11) is 0. The average Bonchev–Trinajstić information content (AvgIpc) is 3.47. The fourth-order valence-electron chi connectivity index (χ4n) is 4.58. The smallest absolute Gasteiger partial charge is 0.323 e. The van der Waals surface area contributed by atoms with E-state index in [9.17, 15) is 15.2 Å². The first-order valence-corrected chi connectivity index (χ1v) is 14.0. The van der Waals surface area contributed by atoms with Crippen LogP contribution in [0.15, 0.2) is 83.7 Å². The number of nitrogens with one attached hydrogen (secondary N) is 1. The molecule has 218 valence electrons. The highest BCUT2D eigenvalue weighted by Gasteiger charge is 2.27. The Morgan fingerprint density at radius 1 is 1.05 bits per heavy atom. The molecule has 0 aliphatic rings. The number of carboxylic acid groups (broad SMARTS) is 1. The number of nitrogens with zero attached hydrogens (tertiary/aromatic N) is 2. The zero-order valence-corrected chi connectivity index (χ0v) is 24.7. The highest BCUT2D eigenvalue weighted by Crippen LogP contribution is 2.35. The Bertz CT molecular complexity index is 1840. The Balaban J connectivity index is 1.39. The number of rotatable bonds is 11. The minimum atomic E-state index is -1.17. The van der Waals surface area contributed by atoms with Crippen molar-refractivity contribution in [1.29, 1.82) is 5.26 Å². The maximum absolute atomic E-state index is 11.6. The van der Waals surface area contributed by atoms with Gasteiger partial charge in [0.1, 0.15) is 41.9 Å². The normalized spacial score (nSPS) is 11.3. The number of halogens is 1. The van der Waals surface area contributed by atoms with E-state index in [4.69, 9.17) is 25.5 Å². The summed E-state index contributed by atoms with van der Waals surface area (Å²) in [4.78, 5) is 15.7. The zero-order valence-electron chi connectivity index (χ0n) is 24.0. The molecule has 43 heavy (non-hydrogen) atoms. The fourth-order valence-corrected chi connectivity index (χ4v) is 4.82. The van der Waals surface area contributed by atoms with Crippen LogP contribution in [0.25, 0.3) is 22.1 Å². The van der Waals surface area contributed by atoms with Gasteiger partial charge < -0.3 is 19.0 Å². The first kappa shape index (κ1) is 29.6. The molecule has 0 radical (unpaired) electrons. The zero-order chi connectivity index (χ0) is 30.6. The molecule has 8 nitrogen and oxygen atoms in total. The van der Waals surface area contributed by atoms with E-state index in [-0.39, 0.29) is 19.8 Å². The molecule has 5 rings (SSSR count). The molecule has 0 fully saturated rings. The molecular formula is C34H30ClN3O5. The molecular weight excluding hydrogens is 566 g/mol. The highest BCUT2D eigenvalue weighted by atomic mass is 35.5. The summed E-state index contributed by atoms with van der Waals surface area (Å²) in [6, 6.07) is 21.3. The van der Waals surface area contributed by atoms with Crippen molar-refractivity contribution in [2.24, 2.45) is 0 Å². The highest BCUT2D eigenvalue weighted by molar-refractivity contribution is 6.32. The third kappa shape index (κ3) is 6.81. The quantitative estimate of drug-likeness (QED) is 0.162. The van der Waals surface area contributed by atoms with Crippen LogP contribution in [-0.4, -0.2) is 21.6 Å². The molecule has 0 bridgehead atoms. The summed E-state index contributed by atoms with van der Waals surface area (Å²) in [6.45, 7) is 5.82. The van der Waals surface area contributed by atoms with Gasteiger partial charge in [-0.15, -0.1) is 0 Å². The van der Waals surface area contributed by atoms with E-state index in [1.54, 1.807) is 44.5 Å². The molecule has 3 aromatic carbocycles. The number of pyridine rings is 1. The lowest BCUT2D eigenvalue weighted by atomic mass is 9.96. The molecule has 0 spiro atoms. The number of benzene rings is 3. The first-order chi connectivity index (χ1) is 20.6. The largest absolute Gasteiger partial charge is 0.488 e. The SMILES string of the molecule is Cc1c(COc2cc(OCc3cncc(C#N)c3)c(CNC(C)(C)C(=O)O)cc2Cl)cccc1-c1ccc2occc2c1. The summed E-state index contributed by atoms with van der Waals surface area (Å²) < 4.78 is 17.9. The number of aliphatic carboxylic acids is 1. The third-order valence-corrected chi connectivity index (χ3v) is 7.58. The van der Waals surface area contributed by atoms with Gasteiger partial charge in [0.25, 0.3) is 0 Å². The summed E-state index contributed by atoms with van der Waals surface area (Å²) in [6.07, 6.45) is 4.79. The van der Waals surface area contributed by atoms with Crippen LogP contribution in [0.3, 0.4) is 0 Å². The van der Waals surface area contributed by atoms with Gasteiger partial charge in [-0.3, -0.25) is 15.1 Å². The Kier molecular flexibility index (Phi) is 8.67. The molecule has 2 heterocycles. The van der Waals surface area contributed by atoms with Crippen LogP contribution in [0.4, 0.5) is 0 Å². The first-order valence-electron chi connectivity index (χ1n) is 13.6. The Hall–Kier alpha value is -4.84. The second-order valence-electron chi connectivity index (χ2n) is 10.7. The van der Waals surface area contributed by atoms with Crippen LogP contribution in [-0.2, 0) is 24.6 Å². The van der Waals surface area contributed by atoms with E-state index in [2.05, 4.69) is 35.4 Å². The number of nitriles is 1. The minimum absolute atomic E-state index is 0.140. The van der Waals surface area contributed by atoms with Crippen LogP contribution in [0, 0.1) is 18.3 Å². The van der Waals surface area contributed by atoms with Gasteiger partial charge in [0.2, 0.25) is 0 Å². The van der Waals surface area contributed by atoms with Crippen molar-refractivity contribution in [2.75, 3.05) is 0 Å². The van der Waals surface area contributed by atoms with Gasteiger partial charge in [0, 0.05) is 41.5 Å². The van der Waals surface area contributed by atoms with Gasteiger partial charge in [-0.05, 0) is 73.4 Å². The molecule has 0 unspecified atom stereocenters. The molecule has 0 saturated carbocycles. The van der Waals surface area contributed by atoms with Gasteiger partial charge >= 0.3 is 5.97 Å². The lowest BCUT2D eigenvalue weighted by Crippen LogP contribution is -2.46. The van der Waals surface area contributed by atoms with Crippen LogP contribution >= 0.6 is 11.6 Å². The second kappa shape index (κ2) is 12.6. The van der Waals surface area contributed by atoms with Gasteiger partial charge in [-0.2, -0.15) is 5.26 Å². The van der Waals surface area contributed by atoms with Crippen LogP contribution in [0.2, 0.25) is 5.02 Å². The van der Waals surface area contributed by atoms with Crippen LogP contribution in [0.1, 0.15) is 41.7 Å². The number of carboxylic acids is 1. The Labute approximate surface area is 254 Å². The lowest BCUT2D eigenvalue weighted by Gasteiger charge is -2.23. The van der Waals surface area contributed by atoms with E-state index >= 15 is 0 Å². The third-order valence-electron chi connectivity index (χ3n) is 7.28. The van der Waals surface area contributed by atoms with Crippen molar-refractivity contribution in [3.8, 4) is 28.7 Å². The number of fused-ring (bicyclic) bond motifs is 1. The number of hydrogen-bond acceptors (Lipinski definition) is 7. The van der Waals surface area contributed by atoms with Crippen molar-refractivity contribution in [3.63, 3.8) is 0 Å². The summed E-state index contributed by atoms with van der Waals surface area (Å²) in [5.41, 5.74) is 5.71. The van der Waals surface area contributed by atoms with E-state index in [1.165, 1.54) is 6.20 Å². The summed E-state index contributed by atoms with van der Waals surface area (Å²) in [5.74, 6) is -0.0940. The lowest BCUT2D eigenvalue weighted by molar-refractivity contribution is -0.143. The van der Waals surface area contributed by atoms with Crippen molar-refractivity contribution in [2.45, 2.75) is 46.1 Å². The fraction of sp³-hybridized carbons (Fsp3) is 0.206. The van der Waals surface area contributed by atoms with Crippen LogP contribution in [0.5, 0.6) is 11.5 Å². The molecule has 0 aliphatic carbocycles. The van der Waals surface area contributed by atoms with E-state index < -0.39 is 11.5 Å². The number of hydrogen-bond donors (Lipinski definition) is 2. The Morgan fingerprint density at radius 3 is 2.65 bits per heavy atom. The van der Waals surface area contributed by atoms with Gasteiger partial charge in [-0.25, -0.2) is 0 Å². The van der Waals surface area contributed by atoms with Gasteiger partial charge in [0.15, 0.2) is 0 Å². The van der Waals surface area contributed by atoms with Crippen LogP contribution < -0.4 is 14.8 Å². The van der Waals surface area contributed by atoms with E-state index in [0.29, 0.717) is 33.2 Å². The topological polar surface area (TPSA) is 118 Å². The molecule has 0 amide bonds. The van der Waals surface area contributed by atoms with Crippen molar-refractivity contribution in [3.05, 3.63) is 112 Å². The molecule has 0 atom stereocenters. The van der Waals surface area contributed by atoms with E-state index in [0.717, 1.165) is 33.2 Å². The molecule has 0 aliphatic heterocycles. The van der Waals surface area contributed by atoms with Crippen molar-refractivity contribution in [1.82, 2.24) is 10.3 Å². The number of aromatic nitrogens is 1. The Morgan fingerprint density at radius 2 is 1.86 bits per heavy atom. The summed E-state index contributed by atoms with van der Waals surface area (Å²) in [5, 5.41) is 23.2. The summed E-state index contributed by atoms with van der Waals surface area (Å²) >= 11 is 6.67. The molecule has 2 aromatic heterocycles. The number of furan rings is 1. The van der Waals surface area contributed by atoms with E-state index in [1.807, 2.05) is 30.3 Å². The molecule has 9 heteroatoms. The van der Waals surface area contributed by atoms with Gasteiger partial charge in [-0.1, -0.05) is 35.9 Å². The predicted octanol–water partition coefficient (Wildman–Crippen LogP) is 7.44. The minimum Gasteiger partial charge on any atom is -0.488 e. The average molecular weight is 596 g/mol. The number of carbonyl (C=O) groups is 1. The molecule has 5 aromatic rings. The standard InChI is InChI=1S/C34H30ClN3O5/c1-21-26(5-4-6-28(21)24-7-8-30-25(12-24)9-10-41-30)20-43-32-14-31(42-19-23-11-22(15-36)16-37-17-23)27(13-29(32)35)18-38-34(2,3)33(39)40/h4-14,16-17,38H,18-20H2,1-3H3,(H,39,40). The monoisotopic (exact) mass is 595 g/mol. The van der Waals surface area contributed by atoms with Crippen molar-refractivity contribution >= 4 is 28.5 Å². The predicted molar refractivity (Wildman–Crippen MR) is 164 cm³/mol.